The van der Waals surface area contributed by atoms with Crippen LogP contribution in [0.2, 0.25) is 5.02 Å². The van der Waals surface area contributed by atoms with Gasteiger partial charge in [0.1, 0.15) is 5.75 Å². The summed E-state index contributed by atoms with van der Waals surface area (Å²) in [6, 6.07) is 12.3. The number of methoxy groups -OCH3 is 1. The zero-order chi connectivity index (χ0) is 14.7. The fraction of sp³-hybridized carbons (Fsp3) is 0.294. The Bertz CT molecular complexity index is 610. The van der Waals surface area contributed by atoms with Gasteiger partial charge >= 0.3 is 0 Å². The van der Waals surface area contributed by atoms with Crippen LogP contribution in [0.3, 0.4) is 0 Å². The van der Waals surface area contributed by atoms with Gasteiger partial charge in [0, 0.05) is 15.4 Å². The van der Waals surface area contributed by atoms with E-state index < -0.39 is 0 Å². The Hall–Kier alpha value is -0.990. The normalized spacial score (nSPS) is 12.2. The molecule has 0 aliphatic rings. The summed E-state index contributed by atoms with van der Waals surface area (Å²) in [6.07, 6.45) is 0.922. The van der Waals surface area contributed by atoms with E-state index in [4.69, 9.17) is 16.3 Å². The molecule has 0 amide bonds. The molecule has 0 aliphatic heterocycles. The molecule has 2 aromatic rings. The first-order valence-corrected chi connectivity index (χ1v) is 7.84. The molecule has 106 valence electrons. The van der Waals surface area contributed by atoms with Gasteiger partial charge in [0.15, 0.2) is 0 Å². The Labute approximate surface area is 134 Å². The lowest BCUT2D eigenvalue weighted by Crippen LogP contribution is -2.00. The molecule has 20 heavy (non-hydrogen) atoms. The summed E-state index contributed by atoms with van der Waals surface area (Å²) in [6.45, 7) is 4.27. The summed E-state index contributed by atoms with van der Waals surface area (Å²) in [7, 11) is 1.67. The number of halogens is 2. The average Bonchev–Trinajstić information content (AvgIpc) is 2.42. The molecule has 3 heteroatoms. The minimum atomic E-state index is 0.204. The molecule has 0 fully saturated rings. The smallest absolute Gasteiger partial charge is 0.124 e. The number of benzene rings is 2. The number of hydrogen-bond acceptors (Lipinski definition) is 1. The second kappa shape index (κ2) is 6.64. The Morgan fingerprint density at radius 3 is 2.60 bits per heavy atom. The number of aryl methyl sites for hydroxylation is 2. The van der Waals surface area contributed by atoms with Crippen LogP contribution in [-0.4, -0.2) is 7.11 Å². The molecular formula is C17H18BrClO. The molecule has 1 unspecified atom stereocenters. The average molecular weight is 354 g/mol. The second-order valence-corrected chi connectivity index (χ2v) is 6.53. The SMILES string of the molecule is COc1cc(Cl)ccc1C(Br)Cc1cc(C)ccc1C. The highest BCUT2D eigenvalue weighted by Gasteiger charge is 2.15. The molecule has 0 aromatic heterocycles. The molecule has 0 N–H and O–H groups in total. The van der Waals surface area contributed by atoms with Gasteiger partial charge < -0.3 is 4.74 Å². The first kappa shape index (κ1) is 15.4. The summed E-state index contributed by atoms with van der Waals surface area (Å²) < 4.78 is 5.42. The zero-order valence-electron chi connectivity index (χ0n) is 11.9. The molecule has 1 nitrogen and oxygen atoms in total. The van der Waals surface area contributed by atoms with Crippen molar-refractivity contribution >= 4 is 27.5 Å². The van der Waals surface area contributed by atoms with Crippen molar-refractivity contribution in [2.75, 3.05) is 7.11 Å². The van der Waals surface area contributed by atoms with Gasteiger partial charge in [0.2, 0.25) is 0 Å². The lowest BCUT2D eigenvalue weighted by Gasteiger charge is -2.16. The van der Waals surface area contributed by atoms with Crippen LogP contribution in [0, 0.1) is 13.8 Å². The van der Waals surface area contributed by atoms with E-state index in [1.165, 1.54) is 16.7 Å². The first-order valence-electron chi connectivity index (χ1n) is 6.55. The van der Waals surface area contributed by atoms with Crippen molar-refractivity contribution < 1.29 is 4.74 Å². The maximum absolute atomic E-state index is 6.01. The predicted octanol–water partition coefficient (Wildman–Crippen LogP) is 5.64. The van der Waals surface area contributed by atoms with Gasteiger partial charge in [0.25, 0.3) is 0 Å². The maximum Gasteiger partial charge on any atom is 0.124 e. The van der Waals surface area contributed by atoms with E-state index in [9.17, 15) is 0 Å². The molecule has 0 saturated heterocycles. The molecular weight excluding hydrogens is 336 g/mol. The predicted molar refractivity (Wildman–Crippen MR) is 89.3 cm³/mol. The van der Waals surface area contributed by atoms with Crippen molar-refractivity contribution in [3.8, 4) is 5.75 Å². The van der Waals surface area contributed by atoms with Crippen molar-refractivity contribution in [2.24, 2.45) is 0 Å². The van der Waals surface area contributed by atoms with Crippen LogP contribution in [-0.2, 0) is 6.42 Å². The summed E-state index contributed by atoms with van der Waals surface area (Å²) >= 11 is 9.79. The van der Waals surface area contributed by atoms with Gasteiger partial charge in [-0.05, 0) is 43.5 Å². The Kier molecular flexibility index (Phi) is 5.11. The van der Waals surface area contributed by atoms with Gasteiger partial charge in [-0.25, -0.2) is 0 Å². The molecule has 0 bridgehead atoms. The fourth-order valence-corrected chi connectivity index (χ4v) is 3.16. The van der Waals surface area contributed by atoms with Crippen LogP contribution in [0.1, 0.15) is 27.1 Å². The minimum absolute atomic E-state index is 0.204. The fourth-order valence-electron chi connectivity index (χ4n) is 2.27. The highest BCUT2D eigenvalue weighted by atomic mass is 79.9. The molecule has 0 spiro atoms. The topological polar surface area (TPSA) is 9.23 Å². The molecule has 0 saturated carbocycles. The van der Waals surface area contributed by atoms with Crippen molar-refractivity contribution in [1.29, 1.82) is 0 Å². The zero-order valence-corrected chi connectivity index (χ0v) is 14.3. The third-order valence-electron chi connectivity index (χ3n) is 3.44. The second-order valence-electron chi connectivity index (χ2n) is 4.99. The van der Waals surface area contributed by atoms with E-state index in [1.54, 1.807) is 7.11 Å². The highest BCUT2D eigenvalue weighted by molar-refractivity contribution is 9.09. The third kappa shape index (κ3) is 3.56. The number of alkyl halides is 1. The quantitative estimate of drug-likeness (QED) is 0.646. The van der Waals surface area contributed by atoms with Crippen LogP contribution in [0.25, 0.3) is 0 Å². The highest BCUT2D eigenvalue weighted by Crippen LogP contribution is 2.36. The molecule has 2 aromatic carbocycles. The number of ether oxygens (including phenoxy) is 1. The first-order chi connectivity index (χ1) is 9.51. The summed E-state index contributed by atoms with van der Waals surface area (Å²) in [5.74, 6) is 0.824. The minimum Gasteiger partial charge on any atom is -0.496 e. The number of rotatable bonds is 4. The third-order valence-corrected chi connectivity index (χ3v) is 4.49. The molecule has 0 aliphatic carbocycles. The van der Waals surface area contributed by atoms with E-state index in [0.29, 0.717) is 5.02 Å². The van der Waals surface area contributed by atoms with Crippen LogP contribution >= 0.6 is 27.5 Å². The molecule has 1 atom stereocenters. The van der Waals surface area contributed by atoms with E-state index in [2.05, 4.69) is 48.0 Å². The standard InChI is InChI=1S/C17H18BrClO/c1-11-4-5-12(2)13(8-11)9-16(18)15-7-6-14(19)10-17(15)20-3/h4-8,10,16H,9H2,1-3H3. The van der Waals surface area contributed by atoms with E-state index in [1.807, 2.05) is 18.2 Å². The summed E-state index contributed by atoms with van der Waals surface area (Å²) in [5, 5.41) is 0.692. The van der Waals surface area contributed by atoms with Gasteiger partial charge in [-0.2, -0.15) is 0 Å². The van der Waals surface area contributed by atoms with Crippen LogP contribution in [0.15, 0.2) is 36.4 Å². The van der Waals surface area contributed by atoms with Crippen LogP contribution in [0.4, 0.5) is 0 Å². The van der Waals surface area contributed by atoms with Gasteiger partial charge in [0.05, 0.1) is 7.11 Å². The monoisotopic (exact) mass is 352 g/mol. The van der Waals surface area contributed by atoms with Gasteiger partial charge in [-0.1, -0.05) is 57.4 Å². The Morgan fingerprint density at radius 2 is 1.90 bits per heavy atom. The van der Waals surface area contributed by atoms with E-state index in [0.717, 1.165) is 17.7 Å². The van der Waals surface area contributed by atoms with Crippen molar-refractivity contribution in [3.63, 3.8) is 0 Å². The lowest BCUT2D eigenvalue weighted by molar-refractivity contribution is 0.409. The summed E-state index contributed by atoms with van der Waals surface area (Å²) in [5.41, 5.74) is 5.07. The van der Waals surface area contributed by atoms with E-state index >= 15 is 0 Å². The van der Waals surface area contributed by atoms with Gasteiger partial charge in [-0.3, -0.25) is 0 Å². The Balaban J connectivity index is 2.28. The summed E-state index contributed by atoms with van der Waals surface area (Å²) in [4.78, 5) is 0.204. The lowest BCUT2D eigenvalue weighted by atomic mass is 9.98. The number of hydrogen-bond donors (Lipinski definition) is 0. The van der Waals surface area contributed by atoms with Crippen LogP contribution in [0.5, 0.6) is 5.75 Å². The van der Waals surface area contributed by atoms with Crippen molar-refractivity contribution in [3.05, 3.63) is 63.7 Å². The van der Waals surface area contributed by atoms with Crippen molar-refractivity contribution in [2.45, 2.75) is 25.1 Å². The van der Waals surface area contributed by atoms with Crippen LogP contribution < -0.4 is 4.74 Å². The molecule has 2 rings (SSSR count). The van der Waals surface area contributed by atoms with E-state index in [-0.39, 0.29) is 4.83 Å². The largest absolute Gasteiger partial charge is 0.496 e. The maximum atomic E-state index is 6.01. The van der Waals surface area contributed by atoms with Crippen molar-refractivity contribution in [1.82, 2.24) is 0 Å². The molecule has 0 radical (unpaired) electrons. The molecule has 0 heterocycles. The van der Waals surface area contributed by atoms with Gasteiger partial charge in [-0.15, -0.1) is 0 Å². The Morgan fingerprint density at radius 1 is 1.15 bits per heavy atom.